The van der Waals surface area contributed by atoms with Gasteiger partial charge in [0.2, 0.25) is 0 Å². The van der Waals surface area contributed by atoms with Crippen molar-refractivity contribution in [1.82, 2.24) is 0 Å². The van der Waals surface area contributed by atoms with Crippen molar-refractivity contribution in [2.45, 2.75) is 4.90 Å². The van der Waals surface area contributed by atoms with Gasteiger partial charge in [-0.1, -0.05) is 0 Å². The summed E-state index contributed by atoms with van der Waals surface area (Å²) in [5.74, 6) is 0. The van der Waals surface area contributed by atoms with E-state index in [0.717, 1.165) is 5.69 Å². The Morgan fingerprint density at radius 2 is 2.00 bits per heavy atom. The van der Waals surface area contributed by atoms with E-state index < -0.39 is 11.1 Å². The van der Waals surface area contributed by atoms with E-state index in [1.54, 1.807) is 24.3 Å². The molecular weight excluding hydrogens is 176 g/mol. The lowest BCUT2D eigenvalue weighted by Crippen LogP contribution is -1.89. The number of benzene rings is 1. The van der Waals surface area contributed by atoms with Crippen molar-refractivity contribution in [3.63, 3.8) is 0 Å². The zero-order valence-electron chi connectivity index (χ0n) is 6.23. The summed E-state index contributed by atoms with van der Waals surface area (Å²) in [6.45, 7) is 3.24. The monoisotopic (exact) mass is 184 g/mol. The van der Waals surface area contributed by atoms with Crippen LogP contribution in [0.2, 0.25) is 0 Å². The average Bonchev–Trinajstić information content (AvgIpc) is 2.06. The third kappa shape index (κ3) is 2.14. The summed E-state index contributed by atoms with van der Waals surface area (Å²) in [6, 6.07) is 6.39. The molecule has 1 aromatic rings. The highest BCUT2D eigenvalue weighted by Crippen LogP contribution is 2.11. The molecule has 0 saturated carbocycles. The Kier molecular flexibility index (Phi) is 2.95. The molecule has 0 fully saturated rings. The predicted octanol–water partition coefficient (Wildman–Crippen LogP) is 1.29. The number of hydrazone groups is 1. The molecule has 0 amide bonds. The summed E-state index contributed by atoms with van der Waals surface area (Å²) < 4.78 is 19.2. The summed E-state index contributed by atoms with van der Waals surface area (Å²) in [4.78, 5) is 0.365. The molecule has 0 spiro atoms. The lowest BCUT2D eigenvalue weighted by molar-refractivity contribution is 0.564. The number of anilines is 1. The Morgan fingerprint density at radius 1 is 1.42 bits per heavy atom. The third-order valence-corrected chi connectivity index (χ3v) is 1.94. The van der Waals surface area contributed by atoms with Gasteiger partial charge >= 0.3 is 0 Å². The molecule has 0 bridgehead atoms. The molecule has 64 valence electrons. The Hall–Kier alpha value is -1.20. The van der Waals surface area contributed by atoms with Gasteiger partial charge in [-0.3, -0.25) is 5.43 Å². The number of hydrogen-bond acceptors (Lipinski definition) is 3. The Bertz CT molecular complexity index is 297. The summed E-state index contributed by atoms with van der Waals surface area (Å²) in [5, 5.41) is 3.44. The fraction of sp³-hybridized carbons (Fsp3) is 0. The lowest BCUT2D eigenvalue weighted by atomic mass is 10.3. The van der Waals surface area contributed by atoms with Crippen LogP contribution >= 0.6 is 0 Å². The first-order chi connectivity index (χ1) is 5.74. The fourth-order valence-electron chi connectivity index (χ4n) is 0.737. The Labute approximate surface area is 72.6 Å². The van der Waals surface area contributed by atoms with Crippen LogP contribution in [0.3, 0.4) is 0 Å². The molecule has 5 heteroatoms. The molecule has 0 saturated heterocycles. The van der Waals surface area contributed by atoms with E-state index in [1.165, 1.54) is 0 Å². The molecule has 12 heavy (non-hydrogen) atoms. The third-order valence-electron chi connectivity index (χ3n) is 1.26. The van der Waals surface area contributed by atoms with Gasteiger partial charge in [-0.15, -0.1) is 0 Å². The summed E-state index contributed by atoms with van der Waals surface area (Å²) in [5.41, 5.74) is 3.34. The van der Waals surface area contributed by atoms with Crippen molar-refractivity contribution in [1.29, 1.82) is 0 Å². The maximum atomic E-state index is 10.5. The van der Waals surface area contributed by atoms with Gasteiger partial charge in [-0.25, -0.2) is 4.21 Å². The van der Waals surface area contributed by atoms with Crippen LogP contribution in [0.4, 0.5) is 5.69 Å². The Balaban J connectivity index is 2.85. The van der Waals surface area contributed by atoms with Gasteiger partial charge in [0, 0.05) is 6.72 Å². The molecule has 4 nitrogen and oxygen atoms in total. The molecule has 2 N–H and O–H groups in total. The van der Waals surface area contributed by atoms with Gasteiger partial charge in [0.05, 0.1) is 10.6 Å². The maximum absolute atomic E-state index is 10.5. The standard InChI is InChI=1S/C7H8N2O2S/c1-8-9-6-2-4-7(5-3-6)12(10)11/h2-5,9H,1H2,(H,10,11). The summed E-state index contributed by atoms with van der Waals surface area (Å²) >= 11 is -1.92. The second kappa shape index (κ2) is 3.99. The zero-order valence-corrected chi connectivity index (χ0v) is 7.04. The minimum absolute atomic E-state index is 0.365. The lowest BCUT2D eigenvalue weighted by Gasteiger charge is -1.99. The molecule has 0 aliphatic heterocycles. The number of rotatable bonds is 3. The van der Waals surface area contributed by atoms with Crippen molar-refractivity contribution in [3.05, 3.63) is 24.3 Å². The second-order valence-electron chi connectivity index (χ2n) is 2.04. The maximum Gasteiger partial charge on any atom is 0.186 e. The largest absolute Gasteiger partial charge is 0.302 e. The van der Waals surface area contributed by atoms with Crippen LogP contribution in [-0.2, 0) is 11.1 Å². The first-order valence-electron chi connectivity index (χ1n) is 3.16. The molecule has 1 atom stereocenters. The quantitative estimate of drug-likeness (QED) is 0.423. The number of nitrogens with zero attached hydrogens (tertiary/aromatic N) is 1. The zero-order chi connectivity index (χ0) is 8.97. The molecule has 1 aromatic carbocycles. The Morgan fingerprint density at radius 3 is 2.42 bits per heavy atom. The van der Waals surface area contributed by atoms with Crippen LogP contribution in [0, 0.1) is 0 Å². The van der Waals surface area contributed by atoms with E-state index in [4.69, 9.17) is 4.55 Å². The van der Waals surface area contributed by atoms with Crippen molar-refractivity contribution in [3.8, 4) is 0 Å². The molecule has 0 aliphatic rings. The molecule has 0 aliphatic carbocycles. The molecule has 0 aromatic heterocycles. The van der Waals surface area contributed by atoms with E-state index in [9.17, 15) is 4.21 Å². The summed E-state index contributed by atoms with van der Waals surface area (Å²) in [6.07, 6.45) is 0. The second-order valence-corrected chi connectivity index (χ2v) is 3.01. The van der Waals surface area contributed by atoms with Gasteiger partial charge in [-0.2, -0.15) is 5.10 Å². The highest BCUT2D eigenvalue weighted by molar-refractivity contribution is 7.79. The van der Waals surface area contributed by atoms with Crippen molar-refractivity contribution in [2.75, 3.05) is 5.43 Å². The predicted molar refractivity (Wildman–Crippen MR) is 48.7 cm³/mol. The van der Waals surface area contributed by atoms with Crippen LogP contribution in [0.15, 0.2) is 34.3 Å². The average molecular weight is 184 g/mol. The van der Waals surface area contributed by atoms with Crippen LogP contribution in [0.25, 0.3) is 0 Å². The van der Waals surface area contributed by atoms with Gasteiger partial charge in [0.15, 0.2) is 11.1 Å². The molecule has 0 heterocycles. The van der Waals surface area contributed by atoms with Gasteiger partial charge in [0.1, 0.15) is 0 Å². The smallest absolute Gasteiger partial charge is 0.186 e. The fourth-order valence-corrected chi connectivity index (χ4v) is 1.11. The SMILES string of the molecule is C=NNc1ccc(S(=O)O)cc1. The molecule has 1 rings (SSSR count). The van der Waals surface area contributed by atoms with Gasteiger partial charge < -0.3 is 4.55 Å². The van der Waals surface area contributed by atoms with E-state index in [-0.39, 0.29) is 0 Å². The first-order valence-corrected chi connectivity index (χ1v) is 4.27. The minimum atomic E-state index is -1.92. The van der Waals surface area contributed by atoms with Crippen molar-refractivity contribution < 1.29 is 8.76 Å². The van der Waals surface area contributed by atoms with Crippen molar-refractivity contribution >= 4 is 23.5 Å². The number of hydrogen-bond donors (Lipinski definition) is 2. The first kappa shape index (κ1) is 8.89. The number of nitrogens with one attached hydrogen (secondary N) is 1. The highest BCUT2D eigenvalue weighted by atomic mass is 32.2. The topological polar surface area (TPSA) is 61.7 Å². The minimum Gasteiger partial charge on any atom is -0.302 e. The molecular formula is C7H8N2O2S. The van der Waals surface area contributed by atoms with E-state index in [2.05, 4.69) is 17.2 Å². The normalized spacial score (nSPS) is 12.1. The summed E-state index contributed by atoms with van der Waals surface area (Å²) in [7, 11) is 0. The van der Waals surface area contributed by atoms with Crippen molar-refractivity contribution in [2.24, 2.45) is 5.10 Å². The van der Waals surface area contributed by atoms with E-state index in [1.807, 2.05) is 0 Å². The van der Waals surface area contributed by atoms with Crippen LogP contribution in [0.5, 0.6) is 0 Å². The van der Waals surface area contributed by atoms with Crippen LogP contribution < -0.4 is 5.43 Å². The van der Waals surface area contributed by atoms with E-state index >= 15 is 0 Å². The van der Waals surface area contributed by atoms with Gasteiger partial charge in [-0.05, 0) is 24.3 Å². The van der Waals surface area contributed by atoms with Crippen LogP contribution in [0.1, 0.15) is 0 Å². The van der Waals surface area contributed by atoms with Gasteiger partial charge in [0.25, 0.3) is 0 Å². The highest BCUT2D eigenvalue weighted by Gasteiger charge is 1.97. The molecule has 0 radical (unpaired) electrons. The molecule has 1 unspecified atom stereocenters. The van der Waals surface area contributed by atoms with E-state index in [0.29, 0.717) is 4.90 Å². The van der Waals surface area contributed by atoms with Crippen LogP contribution in [-0.4, -0.2) is 15.5 Å².